The van der Waals surface area contributed by atoms with Gasteiger partial charge in [0.25, 0.3) is 5.56 Å². The summed E-state index contributed by atoms with van der Waals surface area (Å²) in [4.78, 5) is 14.0. The van der Waals surface area contributed by atoms with Crippen LogP contribution in [0.5, 0.6) is 0 Å². The average molecular weight is 421 g/mol. The van der Waals surface area contributed by atoms with Gasteiger partial charge in [0.2, 0.25) is 10.0 Å². The van der Waals surface area contributed by atoms with E-state index in [1.807, 2.05) is 4.90 Å². The minimum Gasteiger partial charge on any atom is -0.282 e. The Morgan fingerprint density at radius 3 is 2.31 bits per heavy atom. The first-order valence-electron chi connectivity index (χ1n) is 7.68. The summed E-state index contributed by atoms with van der Waals surface area (Å²) in [6.07, 6.45) is 1.29. The van der Waals surface area contributed by atoms with Crippen molar-refractivity contribution >= 4 is 33.2 Å². The van der Waals surface area contributed by atoms with E-state index in [1.165, 1.54) is 27.3 Å². The van der Waals surface area contributed by atoms with Crippen LogP contribution in [0.25, 0.3) is 0 Å². The minimum absolute atomic E-state index is 0.0507. The molecule has 0 atom stereocenters. The van der Waals surface area contributed by atoms with Crippen molar-refractivity contribution in [2.24, 2.45) is 0 Å². The van der Waals surface area contributed by atoms with E-state index in [-0.39, 0.29) is 34.7 Å². The Labute approximate surface area is 159 Å². The van der Waals surface area contributed by atoms with Crippen molar-refractivity contribution in [1.29, 1.82) is 0 Å². The van der Waals surface area contributed by atoms with Crippen LogP contribution in [0.3, 0.4) is 0 Å². The van der Waals surface area contributed by atoms with Crippen molar-refractivity contribution < 1.29 is 12.8 Å². The molecule has 7 nitrogen and oxygen atoms in total. The number of hydrogen-bond donors (Lipinski definition) is 0. The van der Waals surface area contributed by atoms with Crippen LogP contribution in [-0.2, 0) is 16.7 Å². The zero-order valence-corrected chi connectivity index (χ0v) is 15.8. The third-order valence-corrected chi connectivity index (χ3v) is 6.72. The molecule has 1 fully saturated rings. The van der Waals surface area contributed by atoms with Gasteiger partial charge in [-0.25, -0.2) is 17.5 Å². The zero-order chi connectivity index (χ0) is 18.9. The fourth-order valence-corrected chi connectivity index (χ4v) is 4.30. The molecule has 0 N–H and O–H groups in total. The third-order valence-electron chi connectivity index (χ3n) is 4.06. The number of piperazine rings is 1. The first-order chi connectivity index (χ1) is 12.3. The molecule has 1 aromatic heterocycles. The van der Waals surface area contributed by atoms with Crippen molar-refractivity contribution in [3.8, 4) is 0 Å². The van der Waals surface area contributed by atoms with Crippen LogP contribution in [0.1, 0.15) is 0 Å². The molecule has 1 saturated heterocycles. The summed E-state index contributed by atoms with van der Waals surface area (Å²) in [6, 6.07) is 4.73. The lowest BCUT2D eigenvalue weighted by atomic mass is 10.4. The lowest BCUT2D eigenvalue weighted by Gasteiger charge is -2.33. The first-order valence-corrected chi connectivity index (χ1v) is 9.88. The van der Waals surface area contributed by atoms with Crippen LogP contribution in [-0.4, -0.2) is 53.6 Å². The molecule has 0 spiro atoms. The molecule has 0 unspecified atom stereocenters. The van der Waals surface area contributed by atoms with Crippen molar-refractivity contribution in [1.82, 2.24) is 19.0 Å². The molecule has 2 heterocycles. The van der Waals surface area contributed by atoms with E-state index >= 15 is 0 Å². The van der Waals surface area contributed by atoms with Crippen LogP contribution in [0, 0.1) is 5.82 Å². The van der Waals surface area contributed by atoms with Gasteiger partial charge in [0.1, 0.15) is 10.8 Å². The number of halogens is 3. The second-order valence-corrected chi connectivity index (χ2v) is 8.45. The maximum atomic E-state index is 13.0. The summed E-state index contributed by atoms with van der Waals surface area (Å²) in [7, 11) is -3.68. The van der Waals surface area contributed by atoms with Crippen LogP contribution in [0.4, 0.5) is 4.39 Å². The van der Waals surface area contributed by atoms with Crippen LogP contribution < -0.4 is 5.56 Å². The van der Waals surface area contributed by atoms with Gasteiger partial charge in [-0.15, -0.1) is 0 Å². The van der Waals surface area contributed by atoms with E-state index in [0.717, 1.165) is 12.1 Å². The van der Waals surface area contributed by atoms with Crippen LogP contribution in [0.2, 0.25) is 10.0 Å². The minimum atomic E-state index is -3.68. The molecule has 0 radical (unpaired) electrons. The average Bonchev–Trinajstić information content (AvgIpc) is 2.63. The van der Waals surface area contributed by atoms with Gasteiger partial charge in [-0.05, 0) is 24.3 Å². The largest absolute Gasteiger partial charge is 0.288 e. The molecule has 140 valence electrons. The van der Waals surface area contributed by atoms with Crippen molar-refractivity contribution in [3.63, 3.8) is 0 Å². The summed E-state index contributed by atoms with van der Waals surface area (Å²) in [5.74, 6) is -0.492. The second kappa shape index (κ2) is 7.61. The molecule has 0 bridgehead atoms. The van der Waals surface area contributed by atoms with Gasteiger partial charge in [0.05, 0.1) is 22.8 Å². The smallest absolute Gasteiger partial charge is 0.282 e. The standard InChI is InChI=1S/C15H15Cl2FN4O3S/c16-13-9-19-22(15(23)14(13)17)10-20-5-7-21(8-6-20)26(24,25)12-3-1-11(18)2-4-12/h1-4,9H,5-8,10H2. The molecule has 0 amide bonds. The molecule has 1 aliphatic rings. The van der Waals surface area contributed by atoms with Crippen molar-refractivity contribution in [2.75, 3.05) is 26.2 Å². The lowest BCUT2D eigenvalue weighted by Crippen LogP contribution is -2.49. The molecular formula is C15H15Cl2FN4O3S. The Kier molecular flexibility index (Phi) is 5.64. The monoisotopic (exact) mass is 420 g/mol. The summed E-state index contributed by atoms with van der Waals surface area (Å²) >= 11 is 11.6. The highest BCUT2D eigenvalue weighted by Crippen LogP contribution is 2.18. The third kappa shape index (κ3) is 3.91. The molecule has 11 heteroatoms. The number of hydrogen-bond acceptors (Lipinski definition) is 5. The molecule has 3 rings (SSSR count). The van der Waals surface area contributed by atoms with Crippen molar-refractivity contribution in [2.45, 2.75) is 11.6 Å². The first kappa shape index (κ1) is 19.2. The second-order valence-electron chi connectivity index (χ2n) is 5.73. The van der Waals surface area contributed by atoms with Crippen molar-refractivity contribution in [3.05, 3.63) is 56.7 Å². The topological polar surface area (TPSA) is 75.5 Å². The quantitative estimate of drug-likeness (QED) is 0.751. The van der Waals surface area contributed by atoms with Gasteiger partial charge < -0.3 is 0 Å². The fourth-order valence-electron chi connectivity index (χ4n) is 2.60. The molecule has 1 aliphatic heterocycles. The highest BCUT2D eigenvalue weighted by atomic mass is 35.5. The van der Waals surface area contributed by atoms with Crippen LogP contribution >= 0.6 is 23.2 Å². The maximum absolute atomic E-state index is 13.0. The van der Waals surface area contributed by atoms with E-state index in [0.29, 0.717) is 13.1 Å². The fraction of sp³-hybridized carbons (Fsp3) is 0.333. The summed E-state index contributed by atoms with van der Waals surface area (Å²) in [6.45, 7) is 1.50. The highest BCUT2D eigenvalue weighted by molar-refractivity contribution is 7.89. The number of aromatic nitrogens is 2. The number of nitrogens with zero attached hydrogens (tertiary/aromatic N) is 4. The van der Waals surface area contributed by atoms with Gasteiger partial charge in [0.15, 0.2) is 0 Å². The van der Waals surface area contributed by atoms with E-state index in [2.05, 4.69) is 5.10 Å². The Morgan fingerprint density at radius 1 is 1.08 bits per heavy atom. The predicted octanol–water partition coefficient (Wildman–Crippen LogP) is 1.65. The lowest BCUT2D eigenvalue weighted by molar-refractivity contribution is 0.143. The Morgan fingerprint density at radius 2 is 1.69 bits per heavy atom. The van der Waals surface area contributed by atoms with Gasteiger partial charge in [-0.3, -0.25) is 9.69 Å². The molecular weight excluding hydrogens is 406 g/mol. The number of benzene rings is 1. The summed E-state index contributed by atoms with van der Waals surface area (Å²) in [5, 5.41) is 3.92. The normalized spacial score (nSPS) is 16.7. The predicted molar refractivity (Wildman–Crippen MR) is 95.2 cm³/mol. The highest BCUT2D eigenvalue weighted by Gasteiger charge is 2.28. The Bertz CT molecular complexity index is 958. The Hall–Kier alpha value is -1.52. The SMILES string of the molecule is O=c1c(Cl)c(Cl)cnn1CN1CCN(S(=O)(=O)c2ccc(F)cc2)CC1. The molecule has 0 aliphatic carbocycles. The van der Waals surface area contributed by atoms with Gasteiger partial charge in [-0.1, -0.05) is 23.2 Å². The van der Waals surface area contributed by atoms with E-state index < -0.39 is 21.4 Å². The maximum Gasteiger partial charge on any atom is 0.288 e. The molecule has 1 aromatic carbocycles. The van der Waals surface area contributed by atoms with E-state index in [1.54, 1.807) is 0 Å². The van der Waals surface area contributed by atoms with E-state index in [4.69, 9.17) is 23.2 Å². The van der Waals surface area contributed by atoms with Gasteiger partial charge >= 0.3 is 0 Å². The van der Waals surface area contributed by atoms with Gasteiger partial charge in [-0.2, -0.15) is 9.40 Å². The summed E-state index contributed by atoms with van der Waals surface area (Å²) < 4.78 is 40.7. The number of sulfonamides is 1. The number of rotatable bonds is 4. The van der Waals surface area contributed by atoms with Gasteiger partial charge in [0, 0.05) is 26.2 Å². The molecule has 0 saturated carbocycles. The molecule has 2 aromatic rings. The molecule has 26 heavy (non-hydrogen) atoms. The Balaban J connectivity index is 1.67. The summed E-state index contributed by atoms with van der Waals surface area (Å²) in [5.41, 5.74) is -0.500. The van der Waals surface area contributed by atoms with E-state index in [9.17, 15) is 17.6 Å². The zero-order valence-electron chi connectivity index (χ0n) is 13.5. The van der Waals surface area contributed by atoms with Crippen LogP contribution in [0.15, 0.2) is 40.2 Å².